The van der Waals surface area contributed by atoms with Crippen molar-refractivity contribution in [2.75, 3.05) is 13.7 Å². The molecule has 0 heterocycles. The molecule has 1 fully saturated rings. The van der Waals surface area contributed by atoms with Gasteiger partial charge in [-0.05, 0) is 43.7 Å². The normalized spacial score (nSPS) is 22.5. The van der Waals surface area contributed by atoms with Crippen molar-refractivity contribution in [2.24, 2.45) is 5.92 Å². The number of hydrogen-bond acceptors (Lipinski definition) is 3. The number of carboxylic acids is 1. The summed E-state index contributed by atoms with van der Waals surface area (Å²) in [5.74, 6) is -1.04. The number of aliphatic hydroxyl groups excluding tert-OH is 1. The summed E-state index contributed by atoms with van der Waals surface area (Å²) in [5, 5.41) is 22.0. The first-order chi connectivity index (χ1) is 12.0. The fraction of sp³-hybridized carbons (Fsp3) is 0.350. The molecule has 0 aromatic heterocycles. The molecule has 0 saturated heterocycles. The van der Waals surface area contributed by atoms with Gasteiger partial charge in [0, 0.05) is 23.6 Å². The van der Waals surface area contributed by atoms with Crippen LogP contribution in [0.25, 0.3) is 0 Å². The van der Waals surface area contributed by atoms with Gasteiger partial charge in [0.25, 0.3) is 0 Å². The number of rotatable bonds is 5. The highest BCUT2D eigenvalue weighted by molar-refractivity contribution is 6.30. The summed E-state index contributed by atoms with van der Waals surface area (Å²) in [5.41, 5.74) is 1.17. The Morgan fingerprint density at radius 2 is 1.84 bits per heavy atom. The first kappa shape index (κ1) is 19.4. The Hall–Kier alpha value is -1.88. The quantitative estimate of drug-likeness (QED) is 0.760. The van der Waals surface area contributed by atoms with E-state index in [4.69, 9.17) is 16.7 Å². The molecule has 0 spiro atoms. The van der Waals surface area contributed by atoms with E-state index in [1.165, 1.54) is 5.56 Å². The van der Waals surface area contributed by atoms with E-state index < -0.39 is 11.4 Å². The van der Waals surface area contributed by atoms with Gasteiger partial charge in [-0.1, -0.05) is 54.1 Å². The first-order valence-electron chi connectivity index (χ1n) is 8.28. The van der Waals surface area contributed by atoms with Crippen LogP contribution in [0.2, 0.25) is 5.02 Å². The Morgan fingerprint density at radius 3 is 2.28 bits per heavy atom. The van der Waals surface area contributed by atoms with E-state index in [1.54, 1.807) is 24.3 Å². The topological polar surface area (TPSA) is 69.6 Å². The molecule has 0 aliphatic heterocycles. The Morgan fingerprint density at radius 1 is 1.24 bits per heavy atom. The van der Waals surface area contributed by atoms with Gasteiger partial charge in [-0.3, -0.25) is 4.79 Å². The molecular formula is C20H24ClNO3. The third-order valence-corrected chi connectivity index (χ3v) is 5.05. The number of carbonyl (C=O) groups is 1. The van der Waals surface area contributed by atoms with Crippen LogP contribution in [-0.2, 0) is 10.2 Å². The first-order valence-corrected chi connectivity index (χ1v) is 8.66. The molecule has 25 heavy (non-hydrogen) atoms. The molecule has 5 heteroatoms. The standard InChI is InChI=1S/C11H11ClO3.C9H13N/c12-9-3-1-7(2-4-9)11(10(14)15)5-8(11)6-13;1-8(10-2)9-6-4-3-5-7-9/h1-4,8,13H,5-6H2,(H,14,15);3-8,10H,1-2H3/t8-,11+;/m0./s1. The summed E-state index contributed by atoms with van der Waals surface area (Å²) < 4.78 is 0. The number of aliphatic hydroxyl groups is 1. The minimum Gasteiger partial charge on any atom is -0.481 e. The largest absolute Gasteiger partial charge is 0.481 e. The van der Waals surface area contributed by atoms with Crippen molar-refractivity contribution >= 4 is 17.6 Å². The van der Waals surface area contributed by atoms with E-state index in [2.05, 4.69) is 36.5 Å². The number of benzene rings is 2. The van der Waals surface area contributed by atoms with Crippen LogP contribution in [0.3, 0.4) is 0 Å². The van der Waals surface area contributed by atoms with E-state index in [-0.39, 0.29) is 12.5 Å². The molecule has 2 aromatic carbocycles. The maximum atomic E-state index is 11.2. The fourth-order valence-corrected chi connectivity index (χ4v) is 3.07. The predicted octanol–water partition coefficient (Wildman–Crippen LogP) is 3.64. The molecule has 0 bridgehead atoms. The van der Waals surface area contributed by atoms with Gasteiger partial charge in [-0.2, -0.15) is 0 Å². The van der Waals surface area contributed by atoms with Crippen molar-refractivity contribution in [3.63, 3.8) is 0 Å². The van der Waals surface area contributed by atoms with Crippen LogP contribution < -0.4 is 5.32 Å². The minimum atomic E-state index is -0.890. The average molecular weight is 362 g/mol. The van der Waals surface area contributed by atoms with Gasteiger partial charge in [0.1, 0.15) is 0 Å². The third-order valence-electron chi connectivity index (χ3n) is 4.80. The minimum absolute atomic E-state index is 0.0884. The molecule has 2 aromatic rings. The van der Waals surface area contributed by atoms with E-state index in [0.717, 1.165) is 5.56 Å². The Balaban J connectivity index is 0.000000196. The lowest BCUT2D eigenvalue weighted by molar-refractivity contribution is -0.140. The second-order valence-electron chi connectivity index (χ2n) is 6.29. The molecule has 3 rings (SSSR count). The summed E-state index contributed by atoms with van der Waals surface area (Å²) in [4.78, 5) is 11.2. The van der Waals surface area contributed by atoms with Crippen molar-refractivity contribution in [1.82, 2.24) is 5.32 Å². The average Bonchev–Trinajstić information content (AvgIpc) is 3.39. The van der Waals surface area contributed by atoms with Crippen LogP contribution in [-0.4, -0.2) is 29.8 Å². The van der Waals surface area contributed by atoms with E-state index in [0.29, 0.717) is 17.5 Å². The highest BCUT2D eigenvalue weighted by Crippen LogP contribution is 2.54. The lowest BCUT2D eigenvalue weighted by Gasteiger charge is -2.11. The zero-order valence-electron chi connectivity index (χ0n) is 14.4. The number of hydrogen-bond donors (Lipinski definition) is 3. The maximum absolute atomic E-state index is 11.2. The Kier molecular flexibility index (Phi) is 6.59. The van der Waals surface area contributed by atoms with Crippen molar-refractivity contribution in [1.29, 1.82) is 0 Å². The number of aliphatic carboxylic acids is 1. The summed E-state index contributed by atoms with van der Waals surface area (Å²) in [6, 6.07) is 17.6. The highest BCUT2D eigenvalue weighted by Gasteiger charge is 2.61. The van der Waals surface area contributed by atoms with Crippen LogP contribution in [0.15, 0.2) is 54.6 Å². The third kappa shape index (κ3) is 4.40. The highest BCUT2D eigenvalue weighted by atomic mass is 35.5. The van der Waals surface area contributed by atoms with Crippen molar-refractivity contribution in [3.05, 3.63) is 70.7 Å². The predicted molar refractivity (Wildman–Crippen MR) is 99.9 cm³/mol. The number of halogens is 1. The van der Waals surface area contributed by atoms with Crippen molar-refractivity contribution in [3.8, 4) is 0 Å². The lowest BCUT2D eigenvalue weighted by atomic mass is 9.93. The molecule has 1 saturated carbocycles. The van der Waals surface area contributed by atoms with Gasteiger partial charge < -0.3 is 15.5 Å². The van der Waals surface area contributed by atoms with Gasteiger partial charge in [0.2, 0.25) is 0 Å². The SMILES string of the molecule is CNC(C)c1ccccc1.O=C(O)[C@@]1(c2ccc(Cl)cc2)C[C@H]1CO. The van der Waals surface area contributed by atoms with Crippen molar-refractivity contribution < 1.29 is 15.0 Å². The van der Waals surface area contributed by atoms with E-state index in [1.807, 2.05) is 13.1 Å². The molecule has 0 radical (unpaired) electrons. The van der Waals surface area contributed by atoms with E-state index >= 15 is 0 Å². The zero-order valence-corrected chi connectivity index (χ0v) is 15.2. The molecular weight excluding hydrogens is 338 g/mol. The van der Waals surface area contributed by atoms with Gasteiger partial charge in [-0.25, -0.2) is 0 Å². The molecule has 4 nitrogen and oxygen atoms in total. The maximum Gasteiger partial charge on any atom is 0.314 e. The monoisotopic (exact) mass is 361 g/mol. The van der Waals surface area contributed by atoms with Crippen LogP contribution in [0.4, 0.5) is 0 Å². The van der Waals surface area contributed by atoms with Gasteiger partial charge >= 0.3 is 5.97 Å². The number of nitrogens with one attached hydrogen (secondary N) is 1. The van der Waals surface area contributed by atoms with Crippen LogP contribution in [0.5, 0.6) is 0 Å². The second-order valence-corrected chi connectivity index (χ2v) is 6.72. The van der Waals surface area contributed by atoms with Crippen LogP contribution in [0, 0.1) is 5.92 Å². The van der Waals surface area contributed by atoms with Gasteiger partial charge in [0.15, 0.2) is 0 Å². The fourth-order valence-electron chi connectivity index (χ4n) is 2.94. The summed E-state index contributed by atoms with van der Waals surface area (Å²) in [7, 11) is 1.97. The molecule has 1 unspecified atom stereocenters. The molecule has 0 amide bonds. The molecule has 134 valence electrons. The molecule has 1 aliphatic carbocycles. The molecule has 3 N–H and O–H groups in total. The van der Waals surface area contributed by atoms with Gasteiger partial charge in [-0.15, -0.1) is 0 Å². The molecule has 3 atom stereocenters. The Labute approximate surface area is 153 Å². The molecule has 1 aliphatic rings. The Bertz CT molecular complexity index is 690. The second kappa shape index (κ2) is 8.48. The smallest absolute Gasteiger partial charge is 0.314 e. The van der Waals surface area contributed by atoms with Crippen molar-refractivity contribution in [2.45, 2.75) is 24.8 Å². The zero-order chi connectivity index (χ0) is 18.4. The lowest BCUT2D eigenvalue weighted by Crippen LogP contribution is -2.23. The number of carboxylic acid groups (broad SMARTS) is 1. The van der Waals surface area contributed by atoms with Crippen LogP contribution >= 0.6 is 11.6 Å². The van der Waals surface area contributed by atoms with Gasteiger partial charge in [0.05, 0.1) is 5.41 Å². The summed E-state index contributed by atoms with van der Waals surface area (Å²) >= 11 is 5.74. The van der Waals surface area contributed by atoms with Crippen LogP contribution in [0.1, 0.15) is 30.5 Å². The summed E-state index contributed by atoms with van der Waals surface area (Å²) in [6.07, 6.45) is 0.500. The van der Waals surface area contributed by atoms with E-state index in [9.17, 15) is 9.90 Å². The summed E-state index contributed by atoms with van der Waals surface area (Å²) in [6.45, 7) is 2.06.